The molecule has 0 saturated carbocycles. The Kier molecular flexibility index (Phi) is 4.57. The van der Waals surface area contributed by atoms with Crippen molar-refractivity contribution in [1.29, 1.82) is 0 Å². The normalized spacial score (nSPS) is 11.2. The maximum atomic E-state index is 11.9. The highest BCUT2D eigenvalue weighted by atomic mass is 32.1. The third kappa shape index (κ3) is 3.60. The van der Waals surface area contributed by atoms with Crippen molar-refractivity contribution in [3.05, 3.63) is 62.4 Å². The number of rotatable bonds is 4. The molecule has 2 heterocycles. The molecular formula is C18H15NO4S. The summed E-state index contributed by atoms with van der Waals surface area (Å²) in [5.41, 5.74) is 1.61. The molecule has 0 saturated heterocycles. The fraction of sp³-hybridized carbons (Fsp3) is 0.167. The summed E-state index contributed by atoms with van der Waals surface area (Å²) in [6.45, 7) is 3.86. The number of nitrogens with zero attached hydrogens (tertiary/aromatic N) is 1. The SMILES string of the molecule is CCc1cc(=O)oc2cc(OC(=O)/C=C/c3csc(C)n3)ccc12. The Bertz CT molecular complexity index is 984. The van der Waals surface area contributed by atoms with Gasteiger partial charge in [-0.2, -0.15) is 0 Å². The minimum atomic E-state index is -0.519. The second-order valence-electron chi connectivity index (χ2n) is 5.15. The minimum absolute atomic E-state index is 0.322. The van der Waals surface area contributed by atoms with Gasteiger partial charge in [-0.15, -0.1) is 11.3 Å². The van der Waals surface area contributed by atoms with Crippen molar-refractivity contribution in [1.82, 2.24) is 4.98 Å². The standard InChI is InChI=1S/C18H15NO4S/c1-3-12-8-18(21)23-16-9-14(5-6-15(12)16)22-17(20)7-4-13-10-24-11(2)19-13/h4-10H,3H2,1-2H3/b7-4+. The number of ether oxygens (including phenoxy) is 1. The highest BCUT2D eigenvalue weighted by Crippen LogP contribution is 2.23. The van der Waals surface area contributed by atoms with Crippen LogP contribution in [-0.4, -0.2) is 11.0 Å². The van der Waals surface area contributed by atoms with E-state index in [1.807, 2.05) is 19.2 Å². The predicted molar refractivity (Wildman–Crippen MR) is 93.4 cm³/mol. The van der Waals surface area contributed by atoms with Gasteiger partial charge in [-0.05, 0) is 37.1 Å². The fourth-order valence-corrected chi connectivity index (χ4v) is 2.91. The third-order valence-corrected chi connectivity index (χ3v) is 4.22. The van der Waals surface area contributed by atoms with Gasteiger partial charge in [0.2, 0.25) is 0 Å². The zero-order valence-electron chi connectivity index (χ0n) is 13.2. The molecule has 0 fully saturated rings. The van der Waals surface area contributed by atoms with Crippen LogP contribution in [0.5, 0.6) is 5.75 Å². The first-order chi connectivity index (χ1) is 11.5. The van der Waals surface area contributed by atoms with Gasteiger partial charge in [0.1, 0.15) is 11.3 Å². The number of aromatic nitrogens is 1. The van der Waals surface area contributed by atoms with Crippen molar-refractivity contribution in [3.63, 3.8) is 0 Å². The van der Waals surface area contributed by atoms with Gasteiger partial charge in [0.15, 0.2) is 0 Å². The molecule has 0 N–H and O–H groups in total. The van der Waals surface area contributed by atoms with E-state index in [9.17, 15) is 9.59 Å². The van der Waals surface area contributed by atoms with E-state index >= 15 is 0 Å². The van der Waals surface area contributed by atoms with Crippen LogP contribution in [-0.2, 0) is 11.2 Å². The maximum Gasteiger partial charge on any atom is 0.336 e. The van der Waals surface area contributed by atoms with E-state index in [0.29, 0.717) is 17.0 Å². The molecule has 3 rings (SSSR count). The number of carbonyl (C=O) groups is 1. The van der Waals surface area contributed by atoms with Crippen LogP contribution < -0.4 is 10.4 Å². The van der Waals surface area contributed by atoms with Crippen LogP contribution in [0.2, 0.25) is 0 Å². The molecule has 0 amide bonds. The lowest BCUT2D eigenvalue weighted by atomic mass is 10.1. The van der Waals surface area contributed by atoms with Crippen LogP contribution in [0.15, 0.2) is 44.9 Å². The lowest BCUT2D eigenvalue weighted by Crippen LogP contribution is -2.04. The molecule has 1 aromatic carbocycles. The zero-order valence-corrected chi connectivity index (χ0v) is 14.1. The molecule has 0 bridgehead atoms. The van der Waals surface area contributed by atoms with E-state index in [4.69, 9.17) is 9.15 Å². The van der Waals surface area contributed by atoms with Gasteiger partial charge in [-0.3, -0.25) is 0 Å². The minimum Gasteiger partial charge on any atom is -0.423 e. The largest absolute Gasteiger partial charge is 0.423 e. The van der Waals surface area contributed by atoms with Gasteiger partial charge < -0.3 is 9.15 Å². The quantitative estimate of drug-likeness (QED) is 0.313. The molecule has 0 radical (unpaired) electrons. The summed E-state index contributed by atoms with van der Waals surface area (Å²) < 4.78 is 10.4. The first kappa shape index (κ1) is 16.1. The molecule has 5 nitrogen and oxygen atoms in total. The first-order valence-electron chi connectivity index (χ1n) is 7.44. The van der Waals surface area contributed by atoms with Gasteiger partial charge in [0, 0.05) is 29.0 Å². The van der Waals surface area contributed by atoms with Gasteiger partial charge in [0.25, 0.3) is 0 Å². The number of aryl methyl sites for hydroxylation is 2. The summed E-state index contributed by atoms with van der Waals surface area (Å²) in [6.07, 6.45) is 3.64. The predicted octanol–water partition coefficient (Wildman–Crippen LogP) is 3.74. The van der Waals surface area contributed by atoms with E-state index < -0.39 is 11.6 Å². The molecular weight excluding hydrogens is 326 g/mol. The Balaban J connectivity index is 1.81. The number of carbonyl (C=O) groups excluding carboxylic acids is 1. The topological polar surface area (TPSA) is 69.4 Å². The number of esters is 1. The van der Waals surface area contributed by atoms with Crippen molar-refractivity contribution < 1.29 is 13.9 Å². The molecule has 3 aromatic rings. The molecule has 0 aliphatic carbocycles. The summed E-state index contributed by atoms with van der Waals surface area (Å²) in [5.74, 6) is -0.197. The van der Waals surface area contributed by atoms with E-state index in [1.54, 1.807) is 24.3 Å². The average Bonchev–Trinajstić information content (AvgIpc) is 2.97. The zero-order chi connectivity index (χ0) is 17.1. The summed E-state index contributed by atoms with van der Waals surface area (Å²) in [7, 11) is 0. The van der Waals surface area contributed by atoms with Gasteiger partial charge in [0.05, 0.1) is 10.7 Å². The number of benzene rings is 1. The number of hydrogen-bond donors (Lipinski definition) is 0. The Hall–Kier alpha value is -2.73. The van der Waals surface area contributed by atoms with Crippen molar-refractivity contribution in [2.75, 3.05) is 0 Å². The van der Waals surface area contributed by atoms with Crippen LogP contribution in [0.25, 0.3) is 17.0 Å². The monoisotopic (exact) mass is 341 g/mol. The Morgan fingerprint density at radius 3 is 2.92 bits per heavy atom. The highest BCUT2D eigenvalue weighted by Gasteiger charge is 2.08. The Labute approximate surface area is 142 Å². The number of fused-ring (bicyclic) bond motifs is 1. The number of hydrogen-bond acceptors (Lipinski definition) is 6. The van der Waals surface area contributed by atoms with Crippen molar-refractivity contribution in [2.45, 2.75) is 20.3 Å². The summed E-state index contributed by atoms with van der Waals surface area (Å²) in [4.78, 5) is 27.7. The molecule has 0 aliphatic rings. The van der Waals surface area contributed by atoms with Crippen LogP contribution in [0.3, 0.4) is 0 Å². The van der Waals surface area contributed by atoms with E-state index in [0.717, 1.165) is 22.4 Å². The van der Waals surface area contributed by atoms with Crippen LogP contribution in [0, 0.1) is 6.92 Å². The lowest BCUT2D eigenvalue weighted by Gasteiger charge is -2.05. The summed E-state index contributed by atoms with van der Waals surface area (Å²) >= 11 is 1.51. The highest BCUT2D eigenvalue weighted by molar-refractivity contribution is 7.09. The van der Waals surface area contributed by atoms with Crippen molar-refractivity contribution in [2.24, 2.45) is 0 Å². The van der Waals surface area contributed by atoms with Gasteiger partial charge >= 0.3 is 11.6 Å². The molecule has 0 unspecified atom stereocenters. The second kappa shape index (κ2) is 6.80. The van der Waals surface area contributed by atoms with E-state index in [2.05, 4.69) is 4.98 Å². The third-order valence-electron chi connectivity index (χ3n) is 3.43. The lowest BCUT2D eigenvalue weighted by molar-refractivity contribution is -0.128. The Morgan fingerprint density at radius 2 is 2.21 bits per heavy atom. The average molecular weight is 341 g/mol. The molecule has 24 heavy (non-hydrogen) atoms. The molecule has 0 atom stereocenters. The smallest absolute Gasteiger partial charge is 0.336 e. The van der Waals surface area contributed by atoms with Gasteiger partial charge in [-0.25, -0.2) is 14.6 Å². The second-order valence-corrected chi connectivity index (χ2v) is 6.21. The molecule has 122 valence electrons. The maximum absolute atomic E-state index is 11.9. The molecule has 6 heteroatoms. The van der Waals surface area contributed by atoms with E-state index in [1.165, 1.54) is 23.5 Å². The van der Waals surface area contributed by atoms with Crippen molar-refractivity contribution >= 4 is 34.4 Å². The summed E-state index contributed by atoms with van der Waals surface area (Å²) in [5, 5.41) is 3.63. The number of thiazole rings is 1. The molecule has 2 aromatic heterocycles. The van der Waals surface area contributed by atoms with Gasteiger partial charge in [-0.1, -0.05) is 6.92 Å². The van der Waals surface area contributed by atoms with Crippen LogP contribution in [0.4, 0.5) is 0 Å². The summed E-state index contributed by atoms with van der Waals surface area (Å²) in [6, 6.07) is 6.49. The van der Waals surface area contributed by atoms with Crippen LogP contribution in [0.1, 0.15) is 23.2 Å². The van der Waals surface area contributed by atoms with E-state index in [-0.39, 0.29) is 0 Å². The molecule has 0 spiro atoms. The Morgan fingerprint density at radius 1 is 1.38 bits per heavy atom. The van der Waals surface area contributed by atoms with Crippen molar-refractivity contribution in [3.8, 4) is 5.75 Å². The first-order valence-corrected chi connectivity index (χ1v) is 8.32. The molecule has 0 aliphatic heterocycles. The fourth-order valence-electron chi connectivity index (χ4n) is 2.33. The van der Waals surface area contributed by atoms with Crippen LogP contribution >= 0.6 is 11.3 Å².